The van der Waals surface area contributed by atoms with Crippen molar-refractivity contribution in [3.05, 3.63) is 49.7 Å². The topological polar surface area (TPSA) is 84.7 Å². The van der Waals surface area contributed by atoms with Gasteiger partial charge in [0.05, 0.1) is 28.5 Å². The van der Waals surface area contributed by atoms with Gasteiger partial charge in [-0.15, -0.1) is 11.3 Å². The summed E-state index contributed by atoms with van der Waals surface area (Å²) in [5.74, 6) is 0.0373. The Hall–Kier alpha value is -2.16. The van der Waals surface area contributed by atoms with Gasteiger partial charge in [-0.25, -0.2) is 0 Å². The second-order valence-corrected chi connectivity index (χ2v) is 7.37. The second kappa shape index (κ2) is 8.98. The van der Waals surface area contributed by atoms with E-state index in [9.17, 15) is 14.9 Å². The van der Waals surface area contributed by atoms with Gasteiger partial charge in [0.15, 0.2) is 0 Å². The molecule has 26 heavy (non-hydrogen) atoms. The van der Waals surface area contributed by atoms with E-state index in [1.807, 2.05) is 24.0 Å². The highest BCUT2D eigenvalue weighted by atomic mass is 35.5. The van der Waals surface area contributed by atoms with Crippen LogP contribution >= 0.6 is 22.9 Å². The molecular formula is C17H20ClN3O4S. The third kappa shape index (κ3) is 4.94. The minimum atomic E-state index is -0.548. The van der Waals surface area contributed by atoms with Crippen molar-refractivity contribution >= 4 is 40.2 Å². The molecule has 1 aromatic carbocycles. The minimum Gasteiger partial charge on any atom is -0.496 e. The fraction of sp³-hybridized carbons (Fsp3) is 0.353. The Morgan fingerprint density at radius 2 is 2.15 bits per heavy atom. The number of likely N-dealkylation sites (N-methyl/N-ethyl adjacent to an activating group) is 1. The van der Waals surface area contributed by atoms with E-state index in [4.69, 9.17) is 16.3 Å². The molecule has 2 aromatic rings. The van der Waals surface area contributed by atoms with Gasteiger partial charge in [-0.1, -0.05) is 18.5 Å². The summed E-state index contributed by atoms with van der Waals surface area (Å²) < 4.78 is 5.70. The Morgan fingerprint density at radius 3 is 2.69 bits per heavy atom. The summed E-state index contributed by atoms with van der Waals surface area (Å²) in [6, 6.07) is 7.60. The molecule has 1 unspecified atom stereocenters. The Bertz CT molecular complexity index is 796. The van der Waals surface area contributed by atoms with Crippen LogP contribution in [-0.4, -0.2) is 35.4 Å². The number of carbonyl (C=O) groups excluding carboxylic acids is 1. The maximum Gasteiger partial charge on any atom is 0.296 e. The van der Waals surface area contributed by atoms with E-state index in [0.717, 1.165) is 4.88 Å². The summed E-state index contributed by atoms with van der Waals surface area (Å²) >= 11 is 7.42. The summed E-state index contributed by atoms with van der Waals surface area (Å²) in [6.07, 6.45) is 0. The van der Waals surface area contributed by atoms with Gasteiger partial charge < -0.3 is 10.1 Å². The van der Waals surface area contributed by atoms with Crippen LogP contribution in [0.3, 0.4) is 0 Å². The van der Waals surface area contributed by atoms with E-state index in [0.29, 0.717) is 23.2 Å². The van der Waals surface area contributed by atoms with E-state index >= 15 is 0 Å². The van der Waals surface area contributed by atoms with Gasteiger partial charge in [0.2, 0.25) is 5.91 Å². The van der Waals surface area contributed by atoms with Crippen molar-refractivity contribution in [2.75, 3.05) is 19.0 Å². The van der Waals surface area contributed by atoms with Gasteiger partial charge in [0.1, 0.15) is 11.4 Å². The van der Waals surface area contributed by atoms with Crippen LogP contribution in [-0.2, 0) is 11.3 Å². The molecule has 0 bridgehead atoms. The largest absolute Gasteiger partial charge is 0.496 e. The second-order valence-electron chi connectivity index (χ2n) is 5.57. The first-order valence-corrected chi connectivity index (χ1v) is 9.16. The Labute approximate surface area is 160 Å². The minimum absolute atomic E-state index is 0.142. The van der Waals surface area contributed by atoms with Gasteiger partial charge in [-0.3, -0.25) is 19.8 Å². The van der Waals surface area contributed by atoms with Gasteiger partial charge in [0, 0.05) is 11.4 Å². The van der Waals surface area contributed by atoms with Crippen LogP contribution in [0.15, 0.2) is 30.3 Å². The van der Waals surface area contributed by atoms with Crippen molar-refractivity contribution in [3.63, 3.8) is 0 Å². The summed E-state index contributed by atoms with van der Waals surface area (Å²) in [7, 11) is 1.43. The van der Waals surface area contributed by atoms with Crippen LogP contribution in [0.5, 0.6) is 5.75 Å². The molecule has 2 rings (SSSR count). The number of anilines is 1. The van der Waals surface area contributed by atoms with Gasteiger partial charge in [0.25, 0.3) is 5.69 Å². The molecule has 0 radical (unpaired) electrons. The number of thiophene rings is 1. The summed E-state index contributed by atoms with van der Waals surface area (Å²) in [6.45, 7) is 4.94. The number of ether oxygens (including phenoxy) is 1. The molecule has 0 aliphatic rings. The van der Waals surface area contributed by atoms with E-state index in [-0.39, 0.29) is 17.3 Å². The molecule has 1 amide bonds. The van der Waals surface area contributed by atoms with E-state index in [1.165, 1.54) is 30.6 Å². The molecule has 140 valence electrons. The van der Waals surface area contributed by atoms with Crippen molar-refractivity contribution in [2.45, 2.75) is 26.4 Å². The fourth-order valence-electron chi connectivity index (χ4n) is 2.46. The average Bonchev–Trinajstić information content (AvgIpc) is 3.04. The molecule has 1 atom stereocenters. The Morgan fingerprint density at radius 1 is 1.42 bits per heavy atom. The summed E-state index contributed by atoms with van der Waals surface area (Å²) in [4.78, 5) is 26.3. The molecule has 0 aliphatic carbocycles. The van der Waals surface area contributed by atoms with Crippen molar-refractivity contribution in [2.24, 2.45) is 0 Å². The number of nitrogens with zero attached hydrogens (tertiary/aromatic N) is 2. The predicted molar refractivity (Wildman–Crippen MR) is 103 cm³/mol. The number of nitro groups is 1. The standard InChI is InChI=1S/C17H20ClN3O4S/c1-4-20(10-13-6-8-16(18)26-13)11(2)17(22)19-14-7-5-12(25-3)9-15(14)21(23)24/h5-9,11H,4,10H2,1-3H3,(H,19,22). The third-order valence-corrected chi connectivity index (χ3v) is 5.20. The molecule has 7 nitrogen and oxygen atoms in total. The van der Waals surface area contributed by atoms with Crippen molar-refractivity contribution in [1.82, 2.24) is 4.90 Å². The summed E-state index contributed by atoms with van der Waals surface area (Å²) in [5, 5.41) is 13.9. The zero-order valence-electron chi connectivity index (χ0n) is 14.7. The SMILES string of the molecule is CCN(Cc1ccc(Cl)s1)C(C)C(=O)Nc1ccc(OC)cc1[N+](=O)[O-]. The number of rotatable bonds is 8. The lowest BCUT2D eigenvalue weighted by Crippen LogP contribution is -2.41. The molecule has 0 aliphatic heterocycles. The number of hydrogen-bond acceptors (Lipinski definition) is 6. The van der Waals surface area contributed by atoms with Crippen LogP contribution < -0.4 is 10.1 Å². The zero-order chi connectivity index (χ0) is 19.3. The van der Waals surface area contributed by atoms with Gasteiger partial charge >= 0.3 is 0 Å². The first-order chi connectivity index (χ1) is 12.3. The average molecular weight is 398 g/mol. The molecular weight excluding hydrogens is 378 g/mol. The molecule has 1 aromatic heterocycles. The van der Waals surface area contributed by atoms with Crippen molar-refractivity contribution < 1.29 is 14.5 Å². The van der Waals surface area contributed by atoms with Crippen LogP contribution in [0.4, 0.5) is 11.4 Å². The molecule has 0 fully saturated rings. The Balaban J connectivity index is 2.13. The maximum absolute atomic E-state index is 12.6. The Kier molecular flexibility index (Phi) is 6.96. The maximum atomic E-state index is 12.6. The molecule has 0 spiro atoms. The van der Waals surface area contributed by atoms with Crippen LogP contribution in [0.2, 0.25) is 4.34 Å². The quantitative estimate of drug-likeness (QED) is 0.533. The monoisotopic (exact) mass is 397 g/mol. The predicted octanol–water partition coefficient (Wildman–Crippen LogP) is 4.17. The smallest absolute Gasteiger partial charge is 0.296 e. The van der Waals surface area contributed by atoms with Crippen molar-refractivity contribution in [3.8, 4) is 5.75 Å². The highest BCUT2D eigenvalue weighted by Crippen LogP contribution is 2.29. The number of halogens is 1. The zero-order valence-corrected chi connectivity index (χ0v) is 16.3. The first kappa shape index (κ1) is 20.2. The van der Waals surface area contributed by atoms with Crippen molar-refractivity contribution in [1.29, 1.82) is 0 Å². The normalized spacial score (nSPS) is 12.0. The lowest BCUT2D eigenvalue weighted by atomic mass is 10.2. The van der Waals surface area contributed by atoms with Gasteiger partial charge in [-0.05, 0) is 37.7 Å². The lowest BCUT2D eigenvalue weighted by molar-refractivity contribution is -0.384. The number of methoxy groups -OCH3 is 1. The first-order valence-electron chi connectivity index (χ1n) is 7.97. The van der Waals surface area contributed by atoms with E-state index in [2.05, 4.69) is 5.32 Å². The highest BCUT2D eigenvalue weighted by Gasteiger charge is 2.24. The molecule has 0 saturated heterocycles. The number of amides is 1. The number of hydrogen-bond donors (Lipinski definition) is 1. The van der Waals surface area contributed by atoms with E-state index < -0.39 is 11.0 Å². The van der Waals surface area contributed by atoms with Crippen LogP contribution in [0.25, 0.3) is 0 Å². The lowest BCUT2D eigenvalue weighted by Gasteiger charge is -2.26. The number of nitrogens with one attached hydrogen (secondary N) is 1. The van der Waals surface area contributed by atoms with E-state index in [1.54, 1.807) is 13.0 Å². The number of benzene rings is 1. The molecule has 1 N–H and O–H groups in total. The molecule has 0 saturated carbocycles. The van der Waals surface area contributed by atoms with Crippen LogP contribution in [0.1, 0.15) is 18.7 Å². The molecule has 9 heteroatoms. The number of carbonyl (C=O) groups is 1. The summed E-state index contributed by atoms with van der Waals surface area (Å²) in [5.41, 5.74) is -0.0686. The highest BCUT2D eigenvalue weighted by molar-refractivity contribution is 7.16. The third-order valence-electron chi connectivity index (χ3n) is 3.98. The molecule has 1 heterocycles. The fourth-order valence-corrected chi connectivity index (χ4v) is 3.57. The van der Waals surface area contributed by atoms with Gasteiger partial charge in [-0.2, -0.15) is 0 Å². The van der Waals surface area contributed by atoms with Crippen LogP contribution in [0, 0.1) is 10.1 Å². The number of nitro benzene ring substituents is 1.